The van der Waals surface area contributed by atoms with Crippen LogP contribution in [-0.4, -0.2) is 19.7 Å². The average molecular weight is 326 g/mol. The van der Waals surface area contributed by atoms with E-state index in [1.165, 1.54) is 15.9 Å². The van der Waals surface area contributed by atoms with Crippen molar-refractivity contribution in [2.24, 2.45) is 0 Å². The van der Waals surface area contributed by atoms with Crippen molar-refractivity contribution in [3.05, 3.63) is 68.5 Å². The van der Waals surface area contributed by atoms with E-state index in [9.17, 15) is 9.59 Å². The molecule has 23 heavy (non-hydrogen) atoms. The second-order valence-corrected chi connectivity index (χ2v) is 5.79. The maximum atomic E-state index is 12.0. The quantitative estimate of drug-likeness (QED) is 0.620. The number of thiophene rings is 1. The van der Waals surface area contributed by atoms with Crippen LogP contribution in [0.15, 0.2) is 55.9 Å². The van der Waals surface area contributed by atoms with Crippen molar-refractivity contribution in [3.63, 3.8) is 0 Å². The predicted octanol–water partition coefficient (Wildman–Crippen LogP) is 1.85. The lowest BCUT2D eigenvalue weighted by atomic mass is 10.2. The van der Waals surface area contributed by atoms with E-state index in [0.717, 1.165) is 5.56 Å². The SMILES string of the molecule is O=c1[nH]c(Cn2c(-c3ccccc3)noc2=O)nc2ccsc12. The van der Waals surface area contributed by atoms with Gasteiger partial charge in [0.1, 0.15) is 10.5 Å². The van der Waals surface area contributed by atoms with Crippen LogP contribution in [-0.2, 0) is 6.54 Å². The fourth-order valence-electron chi connectivity index (χ4n) is 2.35. The van der Waals surface area contributed by atoms with Crippen LogP contribution < -0.4 is 11.3 Å². The van der Waals surface area contributed by atoms with Crippen LogP contribution >= 0.6 is 11.3 Å². The Labute approximate surface area is 132 Å². The summed E-state index contributed by atoms with van der Waals surface area (Å²) < 4.78 is 6.67. The molecule has 3 heterocycles. The van der Waals surface area contributed by atoms with Gasteiger partial charge in [-0.05, 0) is 11.4 Å². The molecule has 1 N–H and O–H groups in total. The van der Waals surface area contributed by atoms with Crippen LogP contribution in [0.3, 0.4) is 0 Å². The number of fused-ring (bicyclic) bond motifs is 1. The van der Waals surface area contributed by atoms with Crippen molar-refractivity contribution < 1.29 is 4.52 Å². The van der Waals surface area contributed by atoms with E-state index in [0.29, 0.717) is 21.9 Å². The van der Waals surface area contributed by atoms with Crippen LogP contribution in [0.5, 0.6) is 0 Å². The van der Waals surface area contributed by atoms with Crippen molar-refractivity contribution in [2.75, 3.05) is 0 Å². The number of benzene rings is 1. The lowest BCUT2D eigenvalue weighted by Crippen LogP contribution is -2.20. The molecule has 0 saturated heterocycles. The van der Waals surface area contributed by atoms with Gasteiger partial charge >= 0.3 is 5.76 Å². The van der Waals surface area contributed by atoms with Crippen molar-refractivity contribution in [3.8, 4) is 11.4 Å². The van der Waals surface area contributed by atoms with Crippen LogP contribution in [0.1, 0.15) is 5.82 Å². The zero-order chi connectivity index (χ0) is 15.8. The fourth-order valence-corrected chi connectivity index (χ4v) is 3.07. The summed E-state index contributed by atoms with van der Waals surface area (Å²) in [6.45, 7) is 0.0770. The molecule has 4 aromatic rings. The Balaban J connectivity index is 1.81. The predicted molar refractivity (Wildman–Crippen MR) is 85.5 cm³/mol. The number of aromatic amines is 1. The van der Waals surface area contributed by atoms with Gasteiger partial charge in [0.25, 0.3) is 5.56 Å². The average Bonchev–Trinajstić information content (AvgIpc) is 3.16. The van der Waals surface area contributed by atoms with E-state index < -0.39 is 5.76 Å². The topological polar surface area (TPSA) is 93.8 Å². The lowest BCUT2D eigenvalue weighted by Gasteiger charge is -2.04. The summed E-state index contributed by atoms with van der Waals surface area (Å²) in [4.78, 5) is 31.0. The molecule has 0 aliphatic rings. The molecule has 0 spiro atoms. The van der Waals surface area contributed by atoms with E-state index >= 15 is 0 Å². The van der Waals surface area contributed by atoms with Gasteiger partial charge in [0.2, 0.25) is 0 Å². The first-order valence-corrected chi connectivity index (χ1v) is 7.68. The molecular formula is C15H10N4O3S. The third-order valence-corrected chi connectivity index (χ3v) is 4.29. The lowest BCUT2D eigenvalue weighted by molar-refractivity contribution is 0.377. The van der Waals surface area contributed by atoms with Crippen LogP contribution in [0.25, 0.3) is 21.6 Å². The van der Waals surface area contributed by atoms with Gasteiger partial charge in [-0.2, -0.15) is 0 Å². The molecule has 0 aliphatic carbocycles. The van der Waals surface area contributed by atoms with Gasteiger partial charge in [-0.1, -0.05) is 35.5 Å². The molecule has 114 valence electrons. The van der Waals surface area contributed by atoms with Crippen LogP contribution in [0, 0.1) is 0 Å². The molecule has 3 aromatic heterocycles. The summed E-state index contributed by atoms with van der Waals surface area (Å²) in [6.07, 6.45) is 0. The number of H-pyrrole nitrogens is 1. The minimum atomic E-state index is -0.600. The molecule has 8 heteroatoms. The molecular weight excluding hydrogens is 316 g/mol. The summed E-state index contributed by atoms with van der Waals surface area (Å²) in [5, 5.41) is 5.62. The normalized spacial score (nSPS) is 11.1. The summed E-state index contributed by atoms with van der Waals surface area (Å²) in [7, 11) is 0. The minimum Gasteiger partial charge on any atom is -0.308 e. The minimum absolute atomic E-state index is 0.0770. The second-order valence-electron chi connectivity index (χ2n) is 4.87. The van der Waals surface area contributed by atoms with E-state index in [1.807, 2.05) is 30.3 Å². The first kappa shape index (κ1) is 13.6. The number of nitrogens with zero attached hydrogens (tertiary/aromatic N) is 3. The Morgan fingerprint density at radius 2 is 2.00 bits per heavy atom. The van der Waals surface area contributed by atoms with Crippen molar-refractivity contribution >= 4 is 21.6 Å². The monoisotopic (exact) mass is 326 g/mol. The molecule has 0 unspecified atom stereocenters. The largest absolute Gasteiger partial charge is 0.442 e. The van der Waals surface area contributed by atoms with Crippen molar-refractivity contribution in [1.82, 2.24) is 19.7 Å². The Bertz CT molecular complexity index is 1090. The molecule has 1 aromatic carbocycles. The highest BCUT2D eigenvalue weighted by atomic mass is 32.1. The molecule has 0 aliphatic heterocycles. The zero-order valence-corrected chi connectivity index (χ0v) is 12.5. The molecule has 4 rings (SSSR count). The van der Waals surface area contributed by atoms with Gasteiger partial charge in [-0.3, -0.25) is 9.32 Å². The third kappa shape index (κ3) is 2.38. The number of hydrogen-bond acceptors (Lipinski definition) is 6. The van der Waals surface area contributed by atoms with Gasteiger partial charge < -0.3 is 4.98 Å². The summed E-state index contributed by atoms with van der Waals surface area (Å²) in [5.74, 6) is 0.170. The zero-order valence-electron chi connectivity index (χ0n) is 11.7. The molecule has 0 amide bonds. The highest BCUT2D eigenvalue weighted by molar-refractivity contribution is 7.17. The van der Waals surface area contributed by atoms with Crippen LogP contribution in [0.4, 0.5) is 0 Å². The van der Waals surface area contributed by atoms with Gasteiger partial charge in [0, 0.05) is 5.56 Å². The maximum absolute atomic E-state index is 12.0. The molecule has 0 atom stereocenters. The third-order valence-electron chi connectivity index (χ3n) is 3.39. The highest BCUT2D eigenvalue weighted by Gasteiger charge is 2.14. The van der Waals surface area contributed by atoms with Crippen molar-refractivity contribution in [2.45, 2.75) is 6.54 Å². The van der Waals surface area contributed by atoms with E-state index in [2.05, 4.69) is 15.1 Å². The number of aromatic nitrogens is 4. The van der Waals surface area contributed by atoms with Gasteiger partial charge in [0.05, 0.1) is 12.1 Å². The number of nitrogens with one attached hydrogen (secondary N) is 1. The Morgan fingerprint density at radius 3 is 2.83 bits per heavy atom. The van der Waals surface area contributed by atoms with E-state index in [-0.39, 0.29) is 12.1 Å². The van der Waals surface area contributed by atoms with Gasteiger partial charge in [0.15, 0.2) is 5.82 Å². The standard InChI is InChI=1S/C15H10N4O3S/c20-14-12-10(6-7-23-12)16-11(17-14)8-19-13(18-22-15(19)21)9-4-2-1-3-5-9/h1-7H,8H2,(H,16,17,20). The number of rotatable bonds is 3. The first-order valence-electron chi connectivity index (χ1n) is 6.81. The molecule has 0 fully saturated rings. The fraction of sp³-hybridized carbons (Fsp3) is 0.0667. The Hall–Kier alpha value is -3.00. The smallest absolute Gasteiger partial charge is 0.308 e. The molecule has 7 nitrogen and oxygen atoms in total. The van der Waals surface area contributed by atoms with Gasteiger partial charge in [-0.25, -0.2) is 14.3 Å². The van der Waals surface area contributed by atoms with Crippen LogP contribution in [0.2, 0.25) is 0 Å². The number of hydrogen-bond donors (Lipinski definition) is 1. The van der Waals surface area contributed by atoms with E-state index in [4.69, 9.17) is 4.52 Å². The summed E-state index contributed by atoms with van der Waals surface area (Å²) in [5.41, 5.74) is 1.14. The van der Waals surface area contributed by atoms with Crippen molar-refractivity contribution in [1.29, 1.82) is 0 Å². The molecule has 0 bridgehead atoms. The summed E-state index contributed by atoms with van der Waals surface area (Å²) in [6, 6.07) is 11.0. The Morgan fingerprint density at radius 1 is 1.17 bits per heavy atom. The van der Waals surface area contributed by atoms with Gasteiger partial charge in [-0.15, -0.1) is 11.3 Å². The second kappa shape index (κ2) is 5.33. The first-order chi connectivity index (χ1) is 11.2. The Kier molecular flexibility index (Phi) is 3.16. The molecule has 0 radical (unpaired) electrons. The molecule has 0 saturated carbocycles. The maximum Gasteiger partial charge on any atom is 0.442 e. The summed E-state index contributed by atoms with van der Waals surface area (Å²) >= 11 is 1.33. The highest BCUT2D eigenvalue weighted by Crippen LogP contribution is 2.17. The van der Waals surface area contributed by atoms with E-state index in [1.54, 1.807) is 11.4 Å².